The molecule has 0 aliphatic heterocycles. The lowest BCUT2D eigenvalue weighted by molar-refractivity contribution is 0.103. The Balaban J connectivity index is 2.07. The third kappa shape index (κ3) is 2.99. The van der Waals surface area contributed by atoms with Crippen LogP contribution in [0, 0.1) is 6.92 Å². The van der Waals surface area contributed by atoms with E-state index in [1.165, 1.54) is 0 Å². The summed E-state index contributed by atoms with van der Waals surface area (Å²) in [6, 6.07) is 14.6. The number of aromatic nitrogens is 1. The maximum Gasteiger partial charge on any atom is 0.193 e. The van der Waals surface area contributed by atoms with Crippen molar-refractivity contribution in [3.05, 3.63) is 74.8 Å². The van der Waals surface area contributed by atoms with Gasteiger partial charge in [-0.3, -0.25) is 9.78 Å². The van der Waals surface area contributed by atoms with E-state index in [0.29, 0.717) is 16.1 Å². The molecular weight excluding hydrogens is 350 g/mol. The Bertz CT molecular complexity index is 840. The molecule has 0 amide bonds. The van der Waals surface area contributed by atoms with Crippen LogP contribution in [0.15, 0.2) is 53.0 Å². The van der Waals surface area contributed by atoms with Crippen LogP contribution in [0.3, 0.4) is 0 Å². The Morgan fingerprint density at radius 2 is 1.86 bits per heavy atom. The molecular formula is C17H11BrClNO. The number of carbonyl (C=O) groups is 1. The topological polar surface area (TPSA) is 30.0 Å². The number of fused-ring (bicyclic) bond motifs is 1. The minimum Gasteiger partial charge on any atom is -0.289 e. The molecule has 3 rings (SSSR count). The minimum absolute atomic E-state index is 0.0549. The molecule has 0 saturated heterocycles. The van der Waals surface area contributed by atoms with Crippen LogP contribution < -0.4 is 0 Å². The van der Waals surface area contributed by atoms with Gasteiger partial charge in [-0.05, 0) is 49.4 Å². The zero-order valence-corrected chi connectivity index (χ0v) is 13.6. The van der Waals surface area contributed by atoms with Gasteiger partial charge in [0.25, 0.3) is 0 Å². The van der Waals surface area contributed by atoms with Crippen LogP contribution in [-0.4, -0.2) is 10.8 Å². The first-order valence-electron chi connectivity index (χ1n) is 6.41. The van der Waals surface area contributed by atoms with Crippen molar-refractivity contribution in [1.29, 1.82) is 0 Å². The normalized spacial score (nSPS) is 10.8. The van der Waals surface area contributed by atoms with E-state index >= 15 is 0 Å². The third-order valence-electron chi connectivity index (χ3n) is 3.22. The van der Waals surface area contributed by atoms with E-state index in [9.17, 15) is 4.79 Å². The van der Waals surface area contributed by atoms with Gasteiger partial charge in [0, 0.05) is 31.7 Å². The average molecular weight is 361 g/mol. The van der Waals surface area contributed by atoms with Gasteiger partial charge in [-0.15, -0.1) is 0 Å². The van der Waals surface area contributed by atoms with Gasteiger partial charge in [-0.2, -0.15) is 0 Å². The molecule has 0 spiro atoms. The number of halogens is 2. The molecule has 0 bridgehead atoms. The number of nitrogens with zero attached hydrogens (tertiary/aromatic N) is 1. The van der Waals surface area contributed by atoms with Crippen LogP contribution >= 0.6 is 27.5 Å². The number of ketones is 1. The molecule has 0 saturated carbocycles. The van der Waals surface area contributed by atoms with E-state index in [1.807, 2.05) is 31.2 Å². The molecule has 21 heavy (non-hydrogen) atoms. The number of hydrogen-bond acceptors (Lipinski definition) is 2. The van der Waals surface area contributed by atoms with Crippen LogP contribution in [0.4, 0.5) is 0 Å². The van der Waals surface area contributed by atoms with Crippen molar-refractivity contribution in [3.8, 4) is 0 Å². The van der Waals surface area contributed by atoms with Crippen LogP contribution in [0.1, 0.15) is 21.6 Å². The second-order valence-electron chi connectivity index (χ2n) is 4.85. The summed E-state index contributed by atoms with van der Waals surface area (Å²) >= 11 is 9.36. The van der Waals surface area contributed by atoms with Crippen LogP contribution in [0.5, 0.6) is 0 Å². The molecule has 0 N–H and O–H groups in total. The first-order valence-corrected chi connectivity index (χ1v) is 7.58. The largest absolute Gasteiger partial charge is 0.289 e. The van der Waals surface area contributed by atoms with Crippen molar-refractivity contribution in [3.63, 3.8) is 0 Å². The smallest absolute Gasteiger partial charge is 0.193 e. The highest BCUT2D eigenvalue weighted by atomic mass is 79.9. The van der Waals surface area contributed by atoms with Crippen molar-refractivity contribution >= 4 is 44.2 Å². The van der Waals surface area contributed by atoms with E-state index in [0.717, 1.165) is 21.1 Å². The first-order chi connectivity index (χ1) is 10.0. The van der Waals surface area contributed by atoms with Gasteiger partial charge in [-0.1, -0.05) is 33.6 Å². The van der Waals surface area contributed by atoms with Crippen LogP contribution in [0.25, 0.3) is 10.9 Å². The molecule has 0 radical (unpaired) electrons. The van der Waals surface area contributed by atoms with Gasteiger partial charge >= 0.3 is 0 Å². The number of rotatable bonds is 2. The number of hydrogen-bond donors (Lipinski definition) is 0. The summed E-state index contributed by atoms with van der Waals surface area (Å²) in [6.45, 7) is 1.95. The van der Waals surface area contributed by atoms with E-state index < -0.39 is 0 Å². The van der Waals surface area contributed by atoms with E-state index in [1.54, 1.807) is 24.3 Å². The lowest BCUT2D eigenvalue weighted by Gasteiger charge is -2.05. The molecule has 2 nitrogen and oxygen atoms in total. The standard InChI is InChI=1S/C17H11BrClNO/c1-10-2-3-11-6-12(4-5-16(11)20-10)17(21)13-7-14(18)9-15(19)8-13/h2-9H,1H3. The molecule has 0 aliphatic carbocycles. The quantitative estimate of drug-likeness (QED) is 0.589. The lowest BCUT2D eigenvalue weighted by atomic mass is 10.0. The SMILES string of the molecule is Cc1ccc2cc(C(=O)c3cc(Cl)cc(Br)c3)ccc2n1. The average Bonchev–Trinajstić information content (AvgIpc) is 2.45. The van der Waals surface area contributed by atoms with Crippen LogP contribution in [0.2, 0.25) is 5.02 Å². The number of aryl methyl sites for hydroxylation is 1. The van der Waals surface area contributed by atoms with Crippen LogP contribution in [-0.2, 0) is 0 Å². The highest BCUT2D eigenvalue weighted by molar-refractivity contribution is 9.10. The summed E-state index contributed by atoms with van der Waals surface area (Å²) in [7, 11) is 0. The Morgan fingerprint density at radius 3 is 2.62 bits per heavy atom. The third-order valence-corrected chi connectivity index (χ3v) is 3.89. The van der Waals surface area contributed by atoms with Gasteiger partial charge in [0.15, 0.2) is 5.78 Å². The molecule has 1 heterocycles. The van der Waals surface area contributed by atoms with Gasteiger partial charge in [0.1, 0.15) is 0 Å². The van der Waals surface area contributed by atoms with E-state index in [2.05, 4.69) is 20.9 Å². The van der Waals surface area contributed by atoms with Crippen molar-refractivity contribution < 1.29 is 4.79 Å². The highest BCUT2D eigenvalue weighted by Gasteiger charge is 2.11. The van der Waals surface area contributed by atoms with Gasteiger partial charge < -0.3 is 0 Å². The number of benzene rings is 2. The van der Waals surface area contributed by atoms with Gasteiger partial charge in [0.05, 0.1) is 5.52 Å². The number of carbonyl (C=O) groups excluding carboxylic acids is 1. The molecule has 1 aromatic heterocycles. The Morgan fingerprint density at radius 1 is 1.05 bits per heavy atom. The van der Waals surface area contributed by atoms with Crippen molar-refractivity contribution in [2.75, 3.05) is 0 Å². The van der Waals surface area contributed by atoms with Crippen molar-refractivity contribution in [1.82, 2.24) is 4.98 Å². The zero-order chi connectivity index (χ0) is 15.0. The second-order valence-corrected chi connectivity index (χ2v) is 6.20. The molecule has 4 heteroatoms. The lowest BCUT2D eigenvalue weighted by Crippen LogP contribution is -2.01. The zero-order valence-electron chi connectivity index (χ0n) is 11.2. The summed E-state index contributed by atoms with van der Waals surface area (Å²) in [5.74, 6) is -0.0549. The fourth-order valence-corrected chi connectivity index (χ4v) is 3.08. The summed E-state index contributed by atoms with van der Waals surface area (Å²) in [5, 5.41) is 1.48. The van der Waals surface area contributed by atoms with E-state index in [-0.39, 0.29) is 5.78 Å². The summed E-state index contributed by atoms with van der Waals surface area (Å²) in [4.78, 5) is 17.0. The number of pyridine rings is 1. The Hall–Kier alpha value is -1.71. The minimum atomic E-state index is -0.0549. The molecule has 2 aromatic carbocycles. The summed E-state index contributed by atoms with van der Waals surface area (Å²) < 4.78 is 0.788. The summed E-state index contributed by atoms with van der Waals surface area (Å²) in [5.41, 5.74) is 3.04. The summed E-state index contributed by atoms with van der Waals surface area (Å²) in [6.07, 6.45) is 0. The molecule has 0 fully saturated rings. The second kappa shape index (κ2) is 5.58. The van der Waals surface area contributed by atoms with Gasteiger partial charge in [0.2, 0.25) is 0 Å². The van der Waals surface area contributed by atoms with Crippen molar-refractivity contribution in [2.45, 2.75) is 6.92 Å². The molecule has 104 valence electrons. The van der Waals surface area contributed by atoms with Gasteiger partial charge in [-0.25, -0.2) is 0 Å². The fraction of sp³-hybridized carbons (Fsp3) is 0.0588. The predicted molar refractivity (Wildman–Crippen MR) is 89.1 cm³/mol. The fourth-order valence-electron chi connectivity index (χ4n) is 2.22. The van der Waals surface area contributed by atoms with Crippen molar-refractivity contribution in [2.24, 2.45) is 0 Å². The molecule has 0 aliphatic rings. The maximum absolute atomic E-state index is 12.6. The molecule has 0 atom stereocenters. The predicted octanol–water partition coefficient (Wildman–Crippen LogP) is 5.19. The monoisotopic (exact) mass is 359 g/mol. The Labute approximate surface area is 135 Å². The van der Waals surface area contributed by atoms with E-state index in [4.69, 9.17) is 11.6 Å². The Kier molecular flexibility index (Phi) is 3.79. The molecule has 0 unspecified atom stereocenters. The highest BCUT2D eigenvalue weighted by Crippen LogP contribution is 2.23. The molecule has 3 aromatic rings. The first kappa shape index (κ1) is 14.2. The maximum atomic E-state index is 12.6.